The van der Waals surface area contributed by atoms with Crippen molar-refractivity contribution in [3.8, 4) is 5.75 Å². The number of sulfonamides is 1. The van der Waals surface area contributed by atoms with Gasteiger partial charge in [0.15, 0.2) is 0 Å². The van der Waals surface area contributed by atoms with Crippen molar-refractivity contribution in [1.82, 2.24) is 0 Å². The smallest absolute Gasteiger partial charge is 0.337 e. The highest BCUT2D eigenvalue weighted by molar-refractivity contribution is 7.92. The average Bonchev–Trinajstić information content (AvgIpc) is 2.97. The van der Waals surface area contributed by atoms with Gasteiger partial charge in [0, 0.05) is 18.8 Å². The lowest BCUT2D eigenvalue weighted by molar-refractivity contribution is 0.0697. The highest BCUT2D eigenvalue weighted by Gasteiger charge is 2.20. The fourth-order valence-corrected chi connectivity index (χ4v) is 4.38. The van der Waals surface area contributed by atoms with E-state index in [1.807, 2.05) is 0 Å². The lowest BCUT2D eigenvalue weighted by Crippen LogP contribution is -2.26. The maximum Gasteiger partial charge on any atom is 0.337 e. The third-order valence-electron chi connectivity index (χ3n) is 4.80. The number of nitrogens with one attached hydrogen (secondary N) is 1. The van der Waals surface area contributed by atoms with Crippen LogP contribution in [0, 0.1) is 0 Å². The van der Waals surface area contributed by atoms with E-state index in [0.29, 0.717) is 11.4 Å². The van der Waals surface area contributed by atoms with E-state index in [1.165, 1.54) is 25.3 Å². The Hall–Kier alpha value is -2.74. The molecule has 0 amide bonds. The van der Waals surface area contributed by atoms with Crippen LogP contribution < -0.4 is 14.4 Å². The minimum atomic E-state index is -3.84. The number of carbonyl (C=O) groups is 1. The zero-order chi connectivity index (χ0) is 20.1. The molecule has 2 aromatic carbocycles. The van der Waals surface area contributed by atoms with Crippen LogP contribution in [0.2, 0.25) is 0 Å². The van der Waals surface area contributed by atoms with Crippen LogP contribution >= 0.6 is 0 Å². The summed E-state index contributed by atoms with van der Waals surface area (Å²) in [5, 5.41) is 9.65. The Labute approximate surface area is 165 Å². The number of ether oxygens (including phenoxy) is 1. The van der Waals surface area contributed by atoms with Gasteiger partial charge in [-0.1, -0.05) is 12.8 Å². The summed E-state index contributed by atoms with van der Waals surface area (Å²) < 4.78 is 32.7. The van der Waals surface area contributed by atoms with Gasteiger partial charge in [-0.3, -0.25) is 4.72 Å². The molecule has 1 saturated heterocycles. The summed E-state index contributed by atoms with van der Waals surface area (Å²) in [6, 6.07) is 10.6. The molecular weight excluding hydrogens is 380 g/mol. The molecule has 2 N–H and O–H groups in total. The zero-order valence-corrected chi connectivity index (χ0v) is 16.5. The second kappa shape index (κ2) is 8.52. The van der Waals surface area contributed by atoms with Crippen molar-refractivity contribution in [3.63, 3.8) is 0 Å². The number of carboxylic acids is 1. The number of anilines is 2. The predicted octanol–water partition coefficient (Wildman–Crippen LogP) is 3.57. The minimum Gasteiger partial charge on any atom is -0.497 e. The van der Waals surface area contributed by atoms with Crippen molar-refractivity contribution in [2.75, 3.05) is 29.8 Å². The van der Waals surface area contributed by atoms with Gasteiger partial charge in [-0.2, -0.15) is 0 Å². The molecule has 1 aliphatic heterocycles. The summed E-state index contributed by atoms with van der Waals surface area (Å²) in [6.45, 7) is 1.61. The number of aromatic carboxylic acids is 1. The topological polar surface area (TPSA) is 95.9 Å². The first kappa shape index (κ1) is 20.0. The molecular formula is C20H24N2O5S. The fourth-order valence-electron chi connectivity index (χ4n) is 3.33. The third-order valence-corrected chi connectivity index (χ3v) is 6.19. The molecule has 1 heterocycles. The molecule has 0 spiro atoms. The summed E-state index contributed by atoms with van der Waals surface area (Å²) in [4.78, 5) is 13.9. The molecule has 7 nitrogen and oxygen atoms in total. The maximum atomic E-state index is 12.6. The predicted molar refractivity (Wildman–Crippen MR) is 108 cm³/mol. The fraction of sp³-hybridized carbons (Fsp3) is 0.350. The molecule has 2 aromatic rings. The first-order valence-electron chi connectivity index (χ1n) is 9.20. The van der Waals surface area contributed by atoms with Gasteiger partial charge >= 0.3 is 5.97 Å². The zero-order valence-electron chi connectivity index (χ0n) is 15.7. The molecule has 1 fully saturated rings. The standard InChI is InChI=1S/C20H24N2O5S/c1-27-16-7-9-17(10-8-16)28(25,26)21-15-6-11-19(18(14-15)20(23)24)22-12-4-2-3-5-13-22/h6-11,14,21H,2-5,12-13H2,1H3,(H,23,24). The summed E-state index contributed by atoms with van der Waals surface area (Å²) in [5.41, 5.74) is 0.936. The number of benzene rings is 2. The van der Waals surface area contributed by atoms with Crippen LogP contribution in [0.15, 0.2) is 47.4 Å². The number of rotatable bonds is 6. The van der Waals surface area contributed by atoms with Gasteiger partial charge in [-0.15, -0.1) is 0 Å². The van der Waals surface area contributed by atoms with Crippen molar-refractivity contribution < 1.29 is 23.1 Å². The molecule has 0 bridgehead atoms. The largest absolute Gasteiger partial charge is 0.497 e. The SMILES string of the molecule is COc1ccc(S(=O)(=O)Nc2ccc(N3CCCCCC3)c(C(=O)O)c2)cc1. The quantitative estimate of drug-likeness (QED) is 0.764. The van der Waals surface area contributed by atoms with Crippen LogP contribution in [-0.2, 0) is 10.0 Å². The van der Waals surface area contributed by atoms with Gasteiger partial charge in [-0.25, -0.2) is 13.2 Å². The van der Waals surface area contributed by atoms with E-state index >= 15 is 0 Å². The molecule has 0 aromatic heterocycles. The van der Waals surface area contributed by atoms with Gasteiger partial charge < -0.3 is 14.7 Å². The monoisotopic (exact) mass is 404 g/mol. The molecule has 28 heavy (non-hydrogen) atoms. The minimum absolute atomic E-state index is 0.0711. The van der Waals surface area contributed by atoms with E-state index in [-0.39, 0.29) is 16.1 Å². The van der Waals surface area contributed by atoms with E-state index in [4.69, 9.17) is 4.74 Å². The van der Waals surface area contributed by atoms with Crippen LogP contribution in [0.25, 0.3) is 0 Å². The van der Waals surface area contributed by atoms with Gasteiger partial charge in [0.25, 0.3) is 10.0 Å². The Morgan fingerprint density at radius 2 is 1.68 bits per heavy atom. The number of nitrogens with zero attached hydrogens (tertiary/aromatic N) is 1. The van der Waals surface area contributed by atoms with Crippen molar-refractivity contribution in [3.05, 3.63) is 48.0 Å². The molecule has 0 atom stereocenters. The van der Waals surface area contributed by atoms with E-state index in [9.17, 15) is 18.3 Å². The maximum absolute atomic E-state index is 12.6. The number of hydrogen-bond acceptors (Lipinski definition) is 5. The molecule has 3 rings (SSSR count). The normalized spacial score (nSPS) is 15.0. The van der Waals surface area contributed by atoms with Crippen molar-refractivity contribution >= 4 is 27.4 Å². The molecule has 8 heteroatoms. The van der Waals surface area contributed by atoms with Gasteiger partial charge in [0.1, 0.15) is 5.75 Å². The summed E-state index contributed by atoms with van der Waals surface area (Å²) >= 11 is 0. The van der Waals surface area contributed by atoms with E-state index in [0.717, 1.165) is 38.8 Å². The Morgan fingerprint density at radius 1 is 1.04 bits per heavy atom. The number of carboxylic acid groups (broad SMARTS) is 1. The van der Waals surface area contributed by atoms with Crippen LogP contribution in [0.5, 0.6) is 5.75 Å². The highest BCUT2D eigenvalue weighted by Crippen LogP contribution is 2.28. The lowest BCUT2D eigenvalue weighted by atomic mass is 10.1. The van der Waals surface area contributed by atoms with Crippen LogP contribution in [0.1, 0.15) is 36.0 Å². The number of hydrogen-bond donors (Lipinski definition) is 2. The molecule has 0 aliphatic carbocycles. The second-order valence-electron chi connectivity index (χ2n) is 6.72. The van der Waals surface area contributed by atoms with Gasteiger partial charge in [0.2, 0.25) is 0 Å². The van der Waals surface area contributed by atoms with Crippen molar-refractivity contribution in [2.24, 2.45) is 0 Å². The Kier molecular flexibility index (Phi) is 6.08. The molecule has 150 valence electrons. The Morgan fingerprint density at radius 3 is 2.25 bits per heavy atom. The summed E-state index contributed by atoms with van der Waals surface area (Å²) in [5.74, 6) is -0.529. The molecule has 1 aliphatic rings. The lowest BCUT2D eigenvalue weighted by Gasteiger charge is -2.24. The van der Waals surface area contributed by atoms with Crippen LogP contribution in [0.4, 0.5) is 11.4 Å². The molecule has 0 saturated carbocycles. The Bertz CT molecular complexity index is 934. The summed E-state index contributed by atoms with van der Waals surface area (Å²) in [7, 11) is -2.34. The van der Waals surface area contributed by atoms with Crippen molar-refractivity contribution in [2.45, 2.75) is 30.6 Å². The highest BCUT2D eigenvalue weighted by atomic mass is 32.2. The first-order chi connectivity index (χ1) is 13.4. The van der Waals surface area contributed by atoms with Crippen LogP contribution in [0.3, 0.4) is 0 Å². The summed E-state index contributed by atoms with van der Waals surface area (Å²) in [6.07, 6.45) is 4.31. The van der Waals surface area contributed by atoms with E-state index in [2.05, 4.69) is 9.62 Å². The van der Waals surface area contributed by atoms with E-state index in [1.54, 1.807) is 24.3 Å². The molecule has 0 unspecified atom stereocenters. The molecule has 0 radical (unpaired) electrons. The van der Waals surface area contributed by atoms with Crippen LogP contribution in [-0.4, -0.2) is 39.7 Å². The average molecular weight is 404 g/mol. The number of methoxy groups -OCH3 is 1. The van der Waals surface area contributed by atoms with Gasteiger partial charge in [0.05, 0.1) is 23.3 Å². The van der Waals surface area contributed by atoms with Crippen molar-refractivity contribution in [1.29, 1.82) is 0 Å². The van der Waals surface area contributed by atoms with Gasteiger partial charge in [-0.05, 0) is 55.3 Å². The Balaban J connectivity index is 1.87. The second-order valence-corrected chi connectivity index (χ2v) is 8.40. The van der Waals surface area contributed by atoms with E-state index < -0.39 is 16.0 Å². The first-order valence-corrected chi connectivity index (χ1v) is 10.7. The third kappa shape index (κ3) is 4.56.